The standard InChI is InChI=1S/C11H17N3OS/c1-8(11-12-4-5-16-11)6-14-10(15)7-13-9-2-3-9/h4-5,8-9,13H,2-3,6-7H2,1H3,(H,14,15). The molecule has 2 N–H and O–H groups in total. The summed E-state index contributed by atoms with van der Waals surface area (Å²) in [7, 11) is 0. The van der Waals surface area contributed by atoms with Gasteiger partial charge in [0.1, 0.15) is 0 Å². The van der Waals surface area contributed by atoms with E-state index in [1.54, 1.807) is 17.5 Å². The van der Waals surface area contributed by atoms with Crippen LogP contribution in [0.15, 0.2) is 11.6 Å². The van der Waals surface area contributed by atoms with Gasteiger partial charge in [-0.3, -0.25) is 4.79 Å². The van der Waals surface area contributed by atoms with Crippen molar-refractivity contribution >= 4 is 17.2 Å². The molecule has 0 spiro atoms. The molecule has 1 heterocycles. The Morgan fingerprint density at radius 3 is 3.12 bits per heavy atom. The van der Waals surface area contributed by atoms with Crippen molar-refractivity contribution in [3.05, 3.63) is 16.6 Å². The second-order valence-corrected chi connectivity index (χ2v) is 5.16. The first kappa shape index (κ1) is 11.5. The summed E-state index contributed by atoms with van der Waals surface area (Å²) in [6.07, 6.45) is 4.22. The predicted octanol–water partition coefficient (Wildman–Crippen LogP) is 1.11. The molecule has 5 heteroatoms. The van der Waals surface area contributed by atoms with Crippen molar-refractivity contribution in [2.24, 2.45) is 0 Å². The van der Waals surface area contributed by atoms with Gasteiger partial charge in [-0.15, -0.1) is 11.3 Å². The Bertz CT molecular complexity index is 335. The molecule has 0 saturated heterocycles. The molecule has 16 heavy (non-hydrogen) atoms. The summed E-state index contributed by atoms with van der Waals surface area (Å²) in [5.74, 6) is 0.375. The van der Waals surface area contributed by atoms with E-state index in [0.717, 1.165) is 5.01 Å². The molecular weight excluding hydrogens is 222 g/mol. The zero-order chi connectivity index (χ0) is 11.4. The van der Waals surface area contributed by atoms with Crippen LogP contribution >= 0.6 is 11.3 Å². The van der Waals surface area contributed by atoms with E-state index in [9.17, 15) is 4.79 Å². The largest absolute Gasteiger partial charge is 0.354 e. The summed E-state index contributed by atoms with van der Waals surface area (Å²) in [4.78, 5) is 15.7. The Hall–Kier alpha value is -0.940. The minimum atomic E-state index is 0.0790. The van der Waals surface area contributed by atoms with Crippen LogP contribution in [0, 0.1) is 0 Å². The molecule has 0 bridgehead atoms. The fraction of sp³-hybridized carbons (Fsp3) is 0.636. The number of carbonyl (C=O) groups excluding carboxylic acids is 1. The second-order valence-electron chi connectivity index (χ2n) is 4.23. The summed E-state index contributed by atoms with van der Waals surface area (Å²) in [5, 5.41) is 9.15. The van der Waals surface area contributed by atoms with E-state index >= 15 is 0 Å². The van der Waals surface area contributed by atoms with Gasteiger partial charge in [0.2, 0.25) is 5.91 Å². The molecule has 0 radical (unpaired) electrons. The van der Waals surface area contributed by atoms with Gasteiger partial charge in [-0.2, -0.15) is 0 Å². The molecule has 88 valence electrons. The molecule has 1 amide bonds. The number of nitrogens with zero attached hydrogens (tertiary/aromatic N) is 1. The topological polar surface area (TPSA) is 54.0 Å². The lowest BCUT2D eigenvalue weighted by molar-refractivity contribution is -0.120. The highest BCUT2D eigenvalue weighted by Gasteiger charge is 2.21. The number of hydrogen-bond donors (Lipinski definition) is 2. The molecule has 0 aliphatic heterocycles. The number of carbonyl (C=O) groups is 1. The number of hydrogen-bond acceptors (Lipinski definition) is 4. The minimum absolute atomic E-state index is 0.0790. The van der Waals surface area contributed by atoms with Crippen molar-refractivity contribution < 1.29 is 4.79 Å². The highest BCUT2D eigenvalue weighted by molar-refractivity contribution is 7.09. The first-order chi connectivity index (χ1) is 7.75. The first-order valence-corrected chi connectivity index (χ1v) is 6.53. The summed E-state index contributed by atoms with van der Waals surface area (Å²) < 4.78 is 0. The quantitative estimate of drug-likeness (QED) is 0.782. The molecule has 2 rings (SSSR count). The van der Waals surface area contributed by atoms with Gasteiger partial charge in [0.15, 0.2) is 0 Å². The van der Waals surface area contributed by atoms with Crippen LogP contribution in [-0.2, 0) is 4.79 Å². The predicted molar refractivity (Wildman–Crippen MR) is 64.6 cm³/mol. The van der Waals surface area contributed by atoms with Gasteiger partial charge in [0.25, 0.3) is 0 Å². The van der Waals surface area contributed by atoms with Crippen LogP contribution in [0.2, 0.25) is 0 Å². The highest BCUT2D eigenvalue weighted by Crippen LogP contribution is 2.18. The number of thiazole rings is 1. The Morgan fingerprint density at radius 2 is 2.50 bits per heavy atom. The van der Waals surface area contributed by atoms with Crippen molar-refractivity contribution in [1.82, 2.24) is 15.6 Å². The monoisotopic (exact) mass is 239 g/mol. The van der Waals surface area contributed by atoms with Crippen LogP contribution in [0.1, 0.15) is 30.7 Å². The van der Waals surface area contributed by atoms with E-state index in [1.807, 2.05) is 5.38 Å². The van der Waals surface area contributed by atoms with Crippen LogP contribution in [-0.4, -0.2) is 30.0 Å². The summed E-state index contributed by atoms with van der Waals surface area (Å²) in [6.45, 7) is 3.18. The molecule has 0 aromatic carbocycles. The van der Waals surface area contributed by atoms with E-state index in [2.05, 4.69) is 22.5 Å². The Kier molecular flexibility index (Phi) is 3.90. The Balaban J connectivity index is 1.64. The summed E-state index contributed by atoms with van der Waals surface area (Å²) in [5.41, 5.74) is 0. The number of aromatic nitrogens is 1. The maximum Gasteiger partial charge on any atom is 0.233 e. The lowest BCUT2D eigenvalue weighted by Crippen LogP contribution is -2.36. The van der Waals surface area contributed by atoms with Crippen molar-refractivity contribution in [3.8, 4) is 0 Å². The van der Waals surface area contributed by atoms with Crippen molar-refractivity contribution in [3.63, 3.8) is 0 Å². The zero-order valence-corrected chi connectivity index (χ0v) is 10.2. The van der Waals surface area contributed by atoms with Gasteiger partial charge in [0, 0.05) is 30.1 Å². The van der Waals surface area contributed by atoms with Crippen LogP contribution in [0.25, 0.3) is 0 Å². The van der Waals surface area contributed by atoms with E-state index in [4.69, 9.17) is 0 Å². The van der Waals surface area contributed by atoms with E-state index in [-0.39, 0.29) is 5.91 Å². The third-order valence-corrected chi connectivity index (χ3v) is 3.61. The van der Waals surface area contributed by atoms with Gasteiger partial charge in [-0.05, 0) is 12.8 Å². The van der Waals surface area contributed by atoms with Crippen LogP contribution in [0.4, 0.5) is 0 Å². The third-order valence-electron chi connectivity index (χ3n) is 2.61. The van der Waals surface area contributed by atoms with Crippen molar-refractivity contribution in [1.29, 1.82) is 0 Å². The minimum Gasteiger partial charge on any atom is -0.354 e. The normalized spacial score (nSPS) is 17.1. The molecule has 1 aromatic rings. The van der Waals surface area contributed by atoms with Crippen molar-refractivity contribution in [2.45, 2.75) is 31.7 Å². The van der Waals surface area contributed by atoms with Gasteiger partial charge >= 0.3 is 0 Å². The maximum absolute atomic E-state index is 11.5. The number of nitrogens with one attached hydrogen (secondary N) is 2. The lowest BCUT2D eigenvalue weighted by Gasteiger charge is -2.10. The summed E-state index contributed by atoms with van der Waals surface area (Å²) >= 11 is 1.63. The molecule has 1 aliphatic rings. The number of amides is 1. The SMILES string of the molecule is CC(CNC(=O)CNC1CC1)c1nccs1. The maximum atomic E-state index is 11.5. The van der Waals surface area contributed by atoms with Gasteiger partial charge in [0.05, 0.1) is 11.6 Å². The Morgan fingerprint density at radius 1 is 1.69 bits per heavy atom. The molecular formula is C11H17N3OS. The highest BCUT2D eigenvalue weighted by atomic mass is 32.1. The molecule has 1 aromatic heterocycles. The van der Waals surface area contributed by atoms with Gasteiger partial charge < -0.3 is 10.6 Å². The van der Waals surface area contributed by atoms with Crippen molar-refractivity contribution in [2.75, 3.05) is 13.1 Å². The molecule has 1 fully saturated rings. The molecule has 1 aliphatic carbocycles. The van der Waals surface area contributed by atoms with E-state index < -0.39 is 0 Å². The average molecular weight is 239 g/mol. The average Bonchev–Trinajstić information content (AvgIpc) is 2.95. The van der Waals surface area contributed by atoms with Crippen LogP contribution in [0.3, 0.4) is 0 Å². The smallest absolute Gasteiger partial charge is 0.233 e. The molecule has 4 nitrogen and oxygen atoms in total. The first-order valence-electron chi connectivity index (χ1n) is 5.65. The molecule has 1 saturated carbocycles. The fourth-order valence-electron chi connectivity index (χ4n) is 1.42. The zero-order valence-electron chi connectivity index (χ0n) is 9.40. The molecule has 1 atom stereocenters. The van der Waals surface area contributed by atoms with E-state index in [1.165, 1.54) is 12.8 Å². The molecule has 1 unspecified atom stereocenters. The lowest BCUT2D eigenvalue weighted by atomic mass is 10.2. The van der Waals surface area contributed by atoms with Crippen LogP contribution in [0.5, 0.6) is 0 Å². The summed E-state index contributed by atoms with van der Waals surface area (Å²) in [6, 6.07) is 0.585. The third kappa shape index (κ3) is 3.57. The van der Waals surface area contributed by atoms with E-state index in [0.29, 0.717) is 25.0 Å². The fourth-order valence-corrected chi connectivity index (χ4v) is 2.12. The van der Waals surface area contributed by atoms with Gasteiger partial charge in [-0.1, -0.05) is 6.92 Å². The second kappa shape index (κ2) is 5.41. The Labute approximate surface area is 99.5 Å². The van der Waals surface area contributed by atoms with Gasteiger partial charge in [-0.25, -0.2) is 4.98 Å². The van der Waals surface area contributed by atoms with Crippen LogP contribution < -0.4 is 10.6 Å². The number of rotatable bonds is 6.